The van der Waals surface area contributed by atoms with Gasteiger partial charge in [-0.2, -0.15) is 0 Å². The molecule has 1 aliphatic carbocycles. The third-order valence-corrected chi connectivity index (χ3v) is 4.47. The van der Waals surface area contributed by atoms with Crippen LogP contribution < -0.4 is 5.32 Å². The first-order valence-corrected chi connectivity index (χ1v) is 7.57. The SMILES string of the molecule is CC1CCC(CNC(=O)C(Cl)c2ccccc2)CC1. The zero-order chi connectivity index (χ0) is 13.7. The second-order valence-corrected chi connectivity index (χ2v) is 6.08. The number of alkyl halides is 1. The Bertz CT molecular complexity index is 398. The highest BCUT2D eigenvalue weighted by Gasteiger charge is 2.21. The van der Waals surface area contributed by atoms with Crippen molar-refractivity contribution in [1.29, 1.82) is 0 Å². The van der Waals surface area contributed by atoms with Crippen LogP contribution >= 0.6 is 11.6 Å². The first-order valence-electron chi connectivity index (χ1n) is 7.13. The van der Waals surface area contributed by atoms with Gasteiger partial charge in [0.15, 0.2) is 0 Å². The van der Waals surface area contributed by atoms with Crippen molar-refractivity contribution in [2.75, 3.05) is 6.54 Å². The average molecular weight is 280 g/mol. The fourth-order valence-corrected chi connectivity index (χ4v) is 2.86. The van der Waals surface area contributed by atoms with E-state index in [4.69, 9.17) is 11.6 Å². The normalized spacial score (nSPS) is 24.7. The molecule has 1 saturated carbocycles. The van der Waals surface area contributed by atoms with Gasteiger partial charge in [0, 0.05) is 6.54 Å². The van der Waals surface area contributed by atoms with E-state index in [1.165, 1.54) is 25.7 Å². The molecule has 1 amide bonds. The second-order valence-electron chi connectivity index (χ2n) is 5.64. The third-order valence-electron chi connectivity index (χ3n) is 4.02. The Morgan fingerprint density at radius 3 is 2.53 bits per heavy atom. The topological polar surface area (TPSA) is 29.1 Å². The third kappa shape index (κ3) is 4.24. The molecule has 0 heterocycles. The van der Waals surface area contributed by atoms with Crippen LogP contribution in [0.25, 0.3) is 0 Å². The number of hydrogen-bond acceptors (Lipinski definition) is 1. The number of nitrogens with one attached hydrogen (secondary N) is 1. The standard InChI is InChI=1S/C16H22ClNO/c1-12-7-9-13(10-8-12)11-18-16(19)15(17)14-5-3-2-4-6-14/h2-6,12-13,15H,7-11H2,1H3,(H,18,19). The Balaban J connectivity index is 1.78. The second kappa shape index (κ2) is 6.95. The van der Waals surface area contributed by atoms with Crippen LogP contribution in [-0.4, -0.2) is 12.5 Å². The Morgan fingerprint density at radius 2 is 1.89 bits per heavy atom. The van der Waals surface area contributed by atoms with Crippen molar-refractivity contribution in [1.82, 2.24) is 5.32 Å². The predicted octanol–water partition coefficient (Wildman–Crippen LogP) is 3.91. The van der Waals surface area contributed by atoms with Crippen LogP contribution in [0.2, 0.25) is 0 Å². The summed E-state index contributed by atoms with van der Waals surface area (Å²) in [7, 11) is 0. The molecule has 2 nitrogen and oxygen atoms in total. The Kier molecular flexibility index (Phi) is 5.26. The molecule has 0 saturated heterocycles. The largest absolute Gasteiger partial charge is 0.354 e. The van der Waals surface area contributed by atoms with E-state index in [0.717, 1.165) is 18.0 Å². The summed E-state index contributed by atoms with van der Waals surface area (Å²) >= 11 is 6.19. The number of benzene rings is 1. The van der Waals surface area contributed by atoms with Crippen LogP contribution in [0.3, 0.4) is 0 Å². The van der Waals surface area contributed by atoms with Crippen LogP contribution in [0.1, 0.15) is 43.5 Å². The Labute approximate surface area is 120 Å². The van der Waals surface area contributed by atoms with E-state index in [0.29, 0.717) is 5.92 Å². The average Bonchev–Trinajstić information content (AvgIpc) is 2.46. The van der Waals surface area contributed by atoms with Crippen molar-refractivity contribution in [3.8, 4) is 0 Å². The van der Waals surface area contributed by atoms with Gasteiger partial charge in [-0.05, 0) is 30.2 Å². The van der Waals surface area contributed by atoms with E-state index in [9.17, 15) is 4.79 Å². The quantitative estimate of drug-likeness (QED) is 0.832. The number of rotatable bonds is 4. The lowest BCUT2D eigenvalue weighted by Gasteiger charge is -2.26. The zero-order valence-corrected chi connectivity index (χ0v) is 12.2. The monoisotopic (exact) mass is 279 g/mol. The van der Waals surface area contributed by atoms with E-state index >= 15 is 0 Å². The van der Waals surface area contributed by atoms with Gasteiger partial charge in [0.2, 0.25) is 5.91 Å². The van der Waals surface area contributed by atoms with Crippen LogP contribution in [0.5, 0.6) is 0 Å². The molecule has 0 bridgehead atoms. The van der Waals surface area contributed by atoms with E-state index in [1.807, 2.05) is 30.3 Å². The molecule has 1 atom stereocenters. The van der Waals surface area contributed by atoms with Gasteiger partial charge >= 0.3 is 0 Å². The zero-order valence-electron chi connectivity index (χ0n) is 11.4. The molecule has 3 heteroatoms. The highest BCUT2D eigenvalue weighted by atomic mass is 35.5. The lowest BCUT2D eigenvalue weighted by atomic mass is 9.83. The van der Waals surface area contributed by atoms with E-state index < -0.39 is 5.38 Å². The molecule has 0 aromatic heterocycles. The summed E-state index contributed by atoms with van der Waals surface area (Å²) in [5.41, 5.74) is 0.860. The molecule has 0 aliphatic heterocycles. The fourth-order valence-electron chi connectivity index (χ4n) is 2.64. The fraction of sp³-hybridized carbons (Fsp3) is 0.562. The lowest BCUT2D eigenvalue weighted by molar-refractivity contribution is -0.121. The summed E-state index contributed by atoms with van der Waals surface area (Å²) in [5.74, 6) is 1.39. The molecular formula is C16H22ClNO. The molecule has 0 spiro atoms. The van der Waals surface area contributed by atoms with Crippen molar-refractivity contribution in [3.63, 3.8) is 0 Å². The molecule has 0 radical (unpaired) electrons. The van der Waals surface area contributed by atoms with Gasteiger partial charge in [0.25, 0.3) is 0 Å². The number of hydrogen-bond donors (Lipinski definition) is 1. The maximum absolute atomic E-state index is 12.0. The van der Waals surface area contributed by atoms with Crippen molar-refractivity contribution < 1.29 is 4.79 Å². The number of amides is 1. The molecule has 1 fully saturated rings. The summed E-state index contributed by atoms with van der Waals surface area (Å²) in [6.45, 7) is 3.07. The van der Waals surface area contributed by atoms with Crippen molar-refractivity contribution in [2.24, 2.45) is 11.8 Å². The summed E-state index contributed by atoms with van der Waals surface area (Å²) in [6, 6.07) is 9.51. The summed E-state index contributed by atoms with van der Waals surface area (Å²) in [5, 5.41) is 2.41. The van der Waals surface area contributed by atoms with E-state index in [1.54, 1.807) is 0 Å². The molecule has 1 N–H and O–H groups in total. The summed E-state index contributed by atoms with van der Waals surface area (Å²) in [6.07, 6.45) is 5.01. The van der Waals surface area contributed by atoms with E-state index in [2.05, 4.69) is 12.2 Å². The molecule has 2 rings (SSSR count). The first kappa shape index (κ1) is 14.4. The predicted molar refractivity (Wildman–Crippen MR) is 79.2 cm³/mol. The Hall–Kier alpha value is -1.02. The van der Waals surface area contributed by atoms with Crippen LogP contribution in [0.15, 0.2) is 30.3 Å². The van der Waals surface area contributed by atoms with Crippen molar-refractivity contribution in [2.45, 2.75) is 38.0 Å². The summed E-state index contributed by atoms with van der Waals surface area (Å²) in [4.78, 5) is 12.0. The smallest absolute Gasteiger partial charge is 0.242 e. The molecular weight excluding hydrogens is 258 g/mol. The minimum absolute atomic E-state index is 0.0773. The lowest BCUT2D eigenvalue weighted by Crippen LogP contribution is -2.33. The van der Waals surface area contributed by atoms with Gasteiger partial charge in [-0.25, -0.2) is 0 Å². The Morgan fingerprint density at radius 1 is 1.26 bits per heavy atom. The molecule has 1 aromatic carbocycles. The van der Waals surface area contributed by atoms with Crippen molar-refractivity contribution in [3.05, 3.63) is 35.9 Å². The van der Waals surface area contributed by atoms with Gasteiger partial charge < -0.3 is 5.32 Å². The van der Waals surface area contributed by atoms with Gasteiger partial charge in [-0.1, -0.05) is 50.1 Å². The molecule has 19 heavy (non-hydrogen) atoms. The van der Waals surface area contributed by atoms with Gasteiger partial charge in [-0.15, -0.1) is 11.6 Å². The van der Waals surface area contributed by atoms with Gasteiger partial charge in [-0.3, -0.25) is 4.79 Å². The van der Waals surface area contributed by atoms with E-state index in [-0.39, 0.29) is 5.91 Å². The summed E-state index contributed by atoms with van der Waals surface area (Å²) < 4.78 is 0. The molecule has 1 aromatic rings. The van der Waals surface area contributed by atoms with Gasteiger partial charge in [0.05, 0.1) is 0 Å². The van der Waals surface area contributed by atoms with Gasteiger partial charge in [0.1, 0.15) is 5.38 Å². The molecule has 1 aliphatic rings. The molecule has 1 unspecified atom stereocenters. The van der Waals surface area contributed by atoms with Crippen LogP contribution in [-0.2, 0) is 4.79 Å². The maximum atomic E-state index is 12.0. The molecule has 104 valence electrons. The number of carbonyl (C=O) groups is 1. The highest BCUT2D eigenvalue weighted by Crippen LogP contribution is 2.28. The minimum Gasteiger partial charge on any atom is -0.354 e. The van der Waals surface area contributed by atoms with Crippen LogP contribution in [0.4, 0.5) is 0 Å². The number of halogens is 1. The first-order chi connectivity index (χ1) is 9.16. The maximum Gasteiger partial charge on any atom is 0.242 e. The highest BCUT2D eigenvalue weighted by molar-refractivity contribution is 6.30. The number of carbonyl (C=O) groups excluding carboxylic acids is 1. The van der Waals surface area contributed by atoms with Crippen molar-refractivity contribution >= 4 is 17.5 Å². The van der Waals surface area contributed by atoms with Crippen LogP contribution in [0, 0.1) is 11.8 Å². The minimum atomic E-state index is -0.580.